The van der Waals surface area contributed by atoms with Crippen LogP contribution in [-0.4, -0.2) is 16.6 Å². The van der Waals surface area contributed by atoms with Gasteiger partial charge in [0.2, 0.25) is 0 Å². The number of nitrogens with zero attached hydrogens (tertiary/aromatic N) is 1. The summed E-state index contributed by atoms with van der Waals surface area (Å²) in [6.45, 7) is 3.89. The Kier molecular flexibility index (Phi) is 5.19. The van der Waals surface area contributed by atoms with Crippen molar-refractivity contribution >= 4 is 17.3 Å². The highest BCUT2D eigenvalue weighted by molar-refractivity contribution is 7.80. The molecular weight excluding hydrogens is 178 g/mol. The third-order valence-corrected chi connectivity index (χ3v) is 1.41. The second-order valence-electron chi connectivity index (χ2n) is 1.98. The number of rotatable bonds is 4. The van der Waals surface area contributed by atoms with Gasteiger partial charge in [0, 0.05) is 0 Å². The zero-order valence-corrected chi connectivity index (χ0v) is 7.89. The Balaban J connectivity index is 4.41. The van der Waals surface area contributed by atoms with Crippen LogP contribution in [0.2, 0.25) is 0 Å². The topological polar surface area (TPSA) is 52.4 Å². The molecule has 0 fully saturated rings. The summed E-state index contributed by atoms with van der Waals surface area (Å²) in [5.41, 5.74) is -0.116. The Morgan fingerprint density at radius 1 is 1.67 bits per heavy atom. The lowest BCUT2D eigenvalue weighted by atomic mass is 10.3. The summed E-state index contributed by atoms with van der Waals surface area (Å²) in [6.07, 6.45) is 2.02. The SMILES string of the molecule is CCC=C(C(=S)OCC)[N+](=O)[O-]. The maximum Gasteiger partial charge on any atom is 0.318 e. The van der Waals surface area contributed by atoms with E-state index in [9.17, 15) is 10.1 Å². The highest BCUT2D eigenvalue weighted by atomic mass is 32.1. The van der Waals surface area contributed by atoms with Crippen LogP contribution in [0.1, 0.15) is 20.3 Å². The van der Waals surface area contributed by atoms with Gasteiger partial charge >= 0.3 is 5.70 Å². The molecule has 5 heteroatoms. The Morgan fingerprint density at radius 2 is 2.25 bits per heavy atom. The summed E-state index contributed by atoms with van der Waals surface area (Å²) >= 11 is 4.68. The highest BCUT2D eigenvalue weighted by Gasteiger charge is 2.17. The van der Waals surface area contributed by atoms with E-state index in [0.717, 1.165) is 0 Å². The fourth-order valence-electron chi connectivity index (χ4n) is 0.631. The number of ether oxygens (including phenoxy) is 1. The molecule has 0 atom stereocenters. The van der Waals surface area contributed by atoms with Gasteiger partial charge in [0.15, 0.2) is 0 Å². The van der Waals surface area contributed by atoms with Crippen LogP contribution in [0.15, 0.2) is 11.8 Å². The largest absolute Gasteiger partial charge is 0.479 e. The lowest BCUT2D eigenvalue weighted by Gasteiger charge is -2.00. The number of thiocarbonyl (C=S) groups is 1. The van der Waals surface area contributed by atoms with Crippen molar-refractivity contribution in [1.29, 1.82) is 0 Å². The molecule has 0 bridgehead atoms. The Hall–Kier alpha value is -0.970. The van der Waals surface area contributed by atoms with Gasteiger partial charge in [-0.05, 0) is 31.6 Å². The molecule has 0 N–H and O–H groups in total. The second kappa shape index (κ2) is 5.65. The third kappa shape index (κ3) is 3.43. The number of nitro groups is 1. The summed E-state index contributed by atoms with van der Waals surface area (Å²) in [7, 11) is 0. The van der Waals surface area contributed by atoms with Gasteiger partial charge in [-0.15, -0.1) is 0 Å². The first-order valence-electron chi connectivity index (χ1n) is 3.65. The molecule has 0 spiro atoms. The summed E-state index contributed by atoms with van der Waals surface area (Å²) in [5.74, 6) is 0. The molecule has 0 unspecified atom stereocenters. The van der Waals surface area contributed by atoms with E-state index in [0.29, 0.717) is 13.0 Å². The van der Waals surface area contributed by atoms with Crippen molar-refractivity contribution < 1.29 is 9.66 Å². The summed E-state index contributed by atoms with van der Waals surface area (Å²) in [4.78, 5) is 9.85. The molecule has 0 amide bonds. The van der Waals surface area contributed by atoms with Crippen LogP contribution in [0, 0.1) is 10.1 Å². The first-order valence-corrected chi connectivity index (χ1v) is 4.06. The zero-order valence-electron chi connectivity index (χ0n) is 7.07. The zero-order chi connectivity index (χ0) is 9.56. The minimum atomic E-state index is -0.526. The smallest absolute Gasteiger partial charge is 0.318 e. The molecule has 12 heavy (non-hydrogen) atoms. The van der Waals surface area contributed by atoms with E-state index >= 15 is 0 Å². The van der Waals surface area contributed by atoms with Crippen molar-refractivity contribution in [1.82, 2.24) is 0 Å². The van der Waals surface area contributed by atoms with Gasteiger partial charge in [-0.2, -0.15) is 0 Å². The highest BCUT2D eigenvalue weighted by Crippen LogP contribution is 2.02. The van der Waals surface area contributed by atoms with Crippen molar-refractivity contribution in [2.45, 2.75) is 20.3 Å². The van der Waals surface area contributed by atoms with Crippen LogP contribution < -0.4 is 0 Å². The number of allylic oxidation sites excluding steroid dienone is 1. The van der Waals surface area contributed by atoms with Crippen LogP contribution in [0.25, 0.3) is 0 Å². The van der Waals surface area contributed by atoms with E-state index in [4.69, 9.17) is 4.74 Å². The minimum Gasteiger partial charge on any atom is -0.479 e. The fraction of sp³-hybridized carbons (Fsp3) is 0.571. The number of hydrogen-bond donors (Lipinski definition) is 0. The molecule has 0 aliphatic rings. The molecule has 0 aromatic carbocycles. The van der Waals surface area contributed by atoms with Gasteiger partial charge in [-0.3, -0.25) is 10.1 Å². The average molecular weight is 189 g/mol. The van der Waals surface area contributed by atoms with Crippen molar-refractivity contribution in [2.24, 2.45) is 0 Å². The van der Waals surface area contributed by atoms with Gasteiger partial charge in [-0.25, -0.2) is 0 Å². The average Bonchev–Trinajstić information content (AvgIpc) is 1.99. The van der Waals surface area contributed by atoms with Gasteiger partial charge in [0.25, 0.3) is 5.05 Å². The van der Waals surface area contributed by atoms with Gasteiger partial charge in [0.05, 0.1) is 11.5 Å². The molecule has 0 aliphatic carbocycles. The molecule has 0 aromatic heterocycles. The molecule has 0 aliphatic heterocycles. The van der Waals surface area contributed by atoms with E-state index in [2.05, 4.69) is 12.2 Å². The minimum absolute atomic E-state index is 0.0376. The maximum atomic E-state index is 10.4. The molecule has 68 valence electrons. The molecule has 4 nitrogen and oxygen atoms in total. The van der Waals surface area contributed by atoms with Crippen molar-refractivity contribution in [3.05, 3.63) is 21.9 Å². The van der Waals surface area contributed by atoms with Crippen molar-refractivity contribution in [2.75, 3.05) is 6.61 Å². The van der Waals surface area contributed by atoms with Gasteiger partial charge in [-0.1, -0.05) is 6.92 Å². The fourth-order valence-corrected chi connectivity index (χ4v) is 0.907. The molecular formula is C7H11NO3S. The molecule has 0 saturated heterocycles. The third-order valence-electron chi connectivity index (χ3n) is 1.08. The molecule has 0 aromatic rings. The first kappa shape index (κ1) is 11.0. The van der Waals surface area contributed by atoms with Crippen LogP contribution in [0.3, 0.4) is 0 Å². The molecule has 0 saturated carbocycles. The van der Waals surface area contributed by atoms with Crippen LogP contribution in [0.4, 0.5) is 0 Å². The molecule has 0 radical (unpaired) electrons. The predicted octanol–water partition coefficient (Wildman–Crippen LogP) is 1.92. The summed E-state index contributed by atoms with van der Waals surface area (Å²) in [5, 5.41) is 10.3. The van der Waals surface area contributed by atoms with Crippen molar-refractivity contribution in [3.8, 4) is 0 Å². The Morgan fingerprint density at radius 3 is 2.58 bits per heavy atom. The summed E-state index contributed by atoms with van der Waals surface area (Å²) in [6, 6.07) is 0. The van der Waals surface area contributed by atoms with Crippen LogP contribution >= 0.6 is 12.2 Å². The van der Waals surface area contributed by atoms with Gasteiger partial charge < -0.3 is 4.74 Å². The second-order valence-corrected chi connectivity index (χ2v) is 2.35. The quantitative estimate of drug-likeness (QED) is 0.293. The van der Waals surface area contributed by atoms with Gasteiger partial charge in [0.1, 0.15) is 0 Å². The number of hydrogen-bond acceptors (Lipinski definition) is 4. The molecule has 0 rings (SSSR count). The van der Waals surface area contributed by atoms with E-state index in [1.807, 2.05) is 0 Å². The maximum absolute atomic E-state index is 10.4. The normalized spacial score (nSPS) is 11.0. The monoisotopic (exact) mass is 189 g/mol. The first-order chi connectivity index (χ1) is 5.63. The van der Waals surface area contributed by atoms with E-state index in [1.54, 1.807) is 13.8 Å². The lowest BCUT2D eigenvalue weighted by molar-refractivity contribution is -0.416. The van der Waals surface area contributed by atoms with Crippen LogP contribution in [-0.2, 0) is 4.74 Å². The predicted molar refractivity (Wildman–Crippen MR) is 49.6 cm³/mol. The Bertz CT molecular complexity index is 213. The standard InChI is InChI=1S/C7H11NO3S/c1-3-5-6(8(9)10)7(12)11-4-2/h5H,3-4H2,1-2H3. The van der Waals surface area contributed by atoms with Crippen LogP contribution in [0.5, 0.6) is 0 Å². The molecule has 0 heterocycles. The van der Waals surface area contributed by atoms with E-state index in [1.165, 1.54) is 6.08 Å². The van der Waals surface area contributed by atoms with E-state index < -0.39 is 4.92 Å². The Labute approximate surface area is 76.4 Å². The summed E-state index contributed by atoms with van der Waals surface area (Å²) < 4.78 is 4.84. The van der Waals surface area contributed by atoms with E-state index in [-0.39, 0.29) is 10.7 Å². The van der Waals surface area contributed by atoms with Crippen molar-refractivity contribution in [3.63, 3.8) is 0 Å². The lowest BCUT2D eigenvalue weighted by Crippen LogP contribution is -2.12.